The van der Waals surface area contributed by atoms with E-state index in [4.69, 9.17) is 5.73 Å². The lowest BCUT2D eigenvalue weighted by atomic mass is 9.87. The van der Waals surface area contributed by atoms with Crippen LogP contribution in [0.1, 0.15) is 54.4 Å². The van der Waals surface area contributed by atoms with Gasteiger partial charge in [0.05, 0.1) is 0 Å². The maximum absolute atomic E-state index is 13.9. The maximum atomic E-state index is 13.9. The molecule has 1 heterocycles. The highest BCUT2D eigenvalue weighted by molar-refractivity contribution is 6.09. The van der Waals surface area contributed by atoms with E-state index in [-0.39, 0.29) is 11.7 Å². The van der Waals surface area contributed by atoms with Crippen molar-refractivity contribution in [2.45, 2.75) is 44.9 Å². The van der Waals surface area contributed by atoms with Gasteiger partial charge in [-0.05, 0) is 79.0 Å². The fraction of sp³-hybridized carbons (Fsp3) is 0.364. The molecule has 1 unspecified atom stereocenters. The molecule has 136 valence electrons. The first kappa shape index (κ1) is 18.3. The summed E-state index contributed by atoms with van der Waals surface area (Å²) in [4.78, 5) is 8.50. The molecule has 0 spiro atoms. The molecule has 3 nitrogen and oxygen atoms in total. The lowest BCUT2D eigenvalue weighted by Crippen LogP contribution is -2.08. The molecule has 2 aromatic rings. The molecule has 26 heavy (non-hydrogen) atoms. The van der Waals surface area contributed by atoms with Crippen LogP contribution < -0.4 is 5.73 Å². The number of aromatic nitrogens is 1. The molecule has 1 aliphatic carbocycles. The summed E-state index contributed by atoms with van der Waals surface area (Å²) in [5, 5.41) is 0. The number of halogens is 1. The Balaban J connectivity index is 1.95. The number of nitrogen functional groups attached to an aromatic ring is 1. The highest BCUT2D eigenvalue weighted by Crippen LogP contribution is 2.35. The number of rotatable bonds is 4. The topological polar surface area (TPSA) is 51.3 Å². The Labute approximate surface area is 154 Å². The number of hydrogen-bond donors (Lipinski definition) is 1. The Morgan fingerprint density at radius 3 is 2.96 bits per heavy atom. The third kappa shape index (κ3) is 4.01. The van der Waals surface area contributed by atoms with Crippen LogP contribution in [0.15, 0.2) is 41.5 Å². The number of pyridine rings is 1. The minimum absolute atomic E-state index is 0.161. The average Bonchev–Trinajstić information content (AvgIpc) is 2.84. The number of nitrogens with zero attached hydrogens (tertiary/aromatic N) is 2. The van der Waals surface area contributed by atoms with Crippen LogP contribution in [0.25, 0.3) is 5.57 Å². The largest absolute Gasteiger partial charge is 0.383 e. The Kier molecular flexibility index (Phi) is 5.82. The summed E-state index contributed by atoms with van der Waals surface area (Å²) in [6.45, 7) is 1.98. The second-order valence-corrected chi connectivity index (χ2v) is 6.89. The van der Waals surface area contributed by atoms with E-state index in [0.29, 0.717) is 5.82 Å². The summed E-state index contributed by atoms with van der Waals surface area (Å²) in [6.07, 6.45) is 10.8. The number of allylic oxidation sites excluding steroid dienone is 2. The molecule has 3 rings (SSSR count). The van der Waals surface area contributed by atoms with Gasteiger partial charge in [0.15, 0.2) is 0 Å². The summed E-state index contributed by atoms with van der Waals surface area (Å²) in [7, 11) is 1.76. The van der Waals surface area contributed by atoms with Gasteiger partial charge in [-0.3, -0.25) is 4.99 Å². The van der Waals surface area contributed by atoms with Gasteiger partial charge >= 0.3 is 0 Å². The van der Waals surface area contributed by atoms with E-state index in [1.807, 2.05) is 25.3 Å². The molecule has 1 aromatic heterocycles. The van der Waals surface area contributed by atoms with Gasteiger partial charge in [0.1, 0.15) is 11.6 Å². The average molecular weight is 351 g/mol. The van der Waals surface area contributed by atoms with Crippen LogP contribution in [-0.2, 0) is 12.8 Å². The summed E-state index contributed by atoms with van der Waals surface area (Å²) < 4.78 is 13.9. The van der Waals surface area contributed by atoms with E-state index >= 15 is 0 Å². The lowest BCUT2D eigenvalue weighted by molar-refractivity contribution is 0.583. The molecule has 0 aliphatic heterocycles. The SMILES string of the molecule is C/C=C(\C=NC)c1cnc(N)c(CC2CCCCc3ccc(F)cc32)c1. The van der Waals surface area contributed by atoms with Gasteiger partial charge in [0.25, 0.3) is 0 Å². The molecule has 0 saturated heterocycles. The molecule has 0 amide bonds. The highest BCUT2D eigenvalue weighted by Gasteiger charge is 2.21. The van der Waals surface area contributed by atoms with Crippen LogP contribution in [-0.4, -0.2) is 18.2 Å². The molecular formula is C22H26FN3. The fourth-order valence-corrected chi connectivity index (χ4v) is 3.81. The summed E-state index contributed by atoms with van der Waals surface area (Å²) in [5.74, 6) is 0.669. The van der Waals surface area contributed by atoms with Crippen molar-refractivity contribution < 1.29 is 4.39 Å². The van der Waals surface area contributed by atoms with Crippen molar-refractivity contribution in [3.8, 4) is 0 Å². The minimum atomic E-state index is -0.161. The predicted molar refractivity (Wildman–Crippen MR) is 107 cm³/mol. The van der Waals surface area contributed by atoms with Crippen molar-refractivity contribution in [2.24, 2.45) is 4.99 Å². The Morgan fingerprint density at radius 2 is 2.19 bits per heavy atom. The second kappa shape index (κ2) is 8.26. The van der Waals surface area contributed by atoms with Crippen LogP contribution in [0, 0.1) is 5.82 Å². The number of aliphatic imine (C=N–C) groups is 1. The molecule has 0 radical (unpaired) electrons. The zero-order valence-electron chi connectivity index (χ0n) is 15.5. The summed E-state index contributed by atoms with van der Waals surface area (Å²) in [5.41, 5.74) is 11.6. The van der Waals surface area contributed by atoms with Gasteiger partial charge in [-0.15, -0.1) is 0 Å². The third-order valence-electron chi connectivity index (χ3n) is 5.18. The number of hydrogen-bond acceptors (Lipinski definition) is 3. The summed E-state index contributed by atoms with van der Waals surface area (Å²) >= 11 is 0. The number of nitrogens with two attached hydrogens (primary N) is 1. The Morgan fingerprint density at radius 1 is 1.35 bits per heavy atom. The quantitative estimate of drug-likeness (QED) is 0.625. The van der Waals surface area contributed by atoms with E-state index in [1.54, 1.807) is 25.4 Å². The van der Waals surface area contributed by atoms with Gasteiger partial charge < -0.3 is 5.73 Å². The molecule has 2 N–H and O–H groups in total. The van der Waals surface area contributed by atoms with Crippen molar-refractivity contribution in [1.82, 2.24) is 4.98 Å². The van der Waals surface area contributed by atoms with Gasteiger partial charge in [-0.25, -0.2) is 9.37 Å². The first-order chi connectivity index (χ1) is 12.6. The minimum Gasteiger partial charge on any atom is -0.383 e. The molecule has 1 atom stereocenters. The smallest absolute Gasteiger partial charge is 0.126 e. The summed E-state index contributed by atoms with van der Waals surface area (Å²) in [6, 6.07) is 7.32. The Bertz CT molecular complexity index is 839. The van der Waals surface area contributed by atoms with Crippen LogP contribution in [0.4, 0.5) is 10.2 Å². The van der Waals surface area contributed by atoms with Gasteiger partial charge in [0, 0.05) is 25.0 Å². The van der Waals surface area contributed by atoms with Crippen LogP contribution in [0.3, 0.4) is 0 Å². The lowest BCUT2D eigenvalue weighted by Gasteiger charge is -2.19. The van der Waals surface area contributed by atoms with Crippen molar-refractivity contribution in [3.05, 3.63) is 64.6 Å². The van der Waals surface area contributed by atoms with Crippen LogP contribution in [0.5, 0.6) is 0 Å². The van der Waals surface area contributed by atoms with Crippen molar-refractivity contribution in [1.29, 1.82) is 0 Å². The van der Waals surface area contributed by atoms with Gasteiger partial charge in [-0.2, -0.15) is 0 Å². The second-order valence-electron chi connectivity index (χ2n) is 6.89. The third-order valence-corrected chi connectivity index (χ3v) is 5.18. The van der Waals surface area contributed by atoms with E-state index in [1.165, 1.54) is 5.56 Å². The Hall–Kier alpha value is -2.49. The van der Waals surface area contributed by atoms with Crippen molar-refractivity contribution >= 4 is 17.6 Å². The predicted octanol–water partition coefficient (Wildman–Crippen LogP) is 4.96. The molecule has 4 heteroatoms. The zero-order valence-corrected chi connectivity index (χ0v) is 15.5. The molecular weight excluding hydrogens is 325 g/mol. The van der Waals surface area contributed by atoms with Gasteiger partial charge in [-0.1, -0.05) is 18.6 Å². The molecule has 0 bridgehead atoms. The molecule has 1 aliphatic rings. The van der Waals surface area contributed by atoms with Gasteiger partial charge in [0.2, 0.25) is 0 Å². The van der Waals surface area contributed by atoms with E-state index < -0.39 is 0 Å². The highest BCUT2D eigenvalue weighted by atomic mass is 19.1. The molecule has 1 aromatic carbocycles. The molecule has 0 fully saturated rings. The first-order valence-corrected chi connectivity index (χ1v) is 9.24. The van der Waals surface area contributed by atoms with E-state index in [9.17, 15) is 4.39 Å². The zero-order chi connectivity index (χ0) is 18.5. The van der Waals surface area contributed by atoms with E-state index in [0.717, 1.165) is 54.4 Å². The molecule has 0 saturated carbocycles. The monoisotopic (exact) mass is 351 g/mol. The number of anilines is 1. The number of fused-ring (bicyclic) bond motifs is 1. The maximum Gasteiger partial charge on any atom is 0.126 e. The van der Waals surface area contributed by atoms with Crippen LogP contribution >= 0.6 is 0 Å². The standard InChI is InChI=1S/C22H26FN3/c1-3-15(13-25-2)19-11-18(22(24)26-14-19)10-17-7-5-4-6-16-8-9-20(23)12-21(16)17/h3,8-9,11-14,17H,4-7,10H2,1-2H3,(H2,24,26)/b15-3+,25-13?. The number of benzene rings is 1. The van der Waals surface area contributed by atoms with Crippen molar-refractivity contribution in [3.63, 3.8) is 0 Å². The normalized spacial score (nSPS) is 18.0. The number of aryl methyl sites for hydroxylation is 1. The first-order valence-electron chi connectivity index (χ1n) is 9.24. The fourth-order valence-electron chi connectivity index (χ4n) is 3.81. The van der Waals surface area contributed by atoms with E-state index in [2.05, 4.69) is 16.0 Å². The van der Waals surface area contributed by atoms with Crippen LogP contribution in [0.2, 0.25) is 0 Å². The van der Waals surface area contributed by atoms with Crippen molar-refractivity contribution in [2.75, 3.05) is 12.8 Å².